The molecule has 111 heavy (non-hydrogen) atoms. The number of thioether (sulfide) groups is 4. The minimum Gasteiger partial charge on any atom is -0.508 e. The van der Waals surface area contributed by atoms with Gasteiger partial charge in [0.1, 0.15) is 5.75 Å². The van der Waals surface area contributed by atoms with Crippen LogP contribution in [0, 0.1) is 0 Å². The first-order chi connectivity index (χ1) is 54.4. The largest absolute Gasteiger partial charge is 0.508 e. The molecular weight excluding hydrogens is 1570 g/mol. The summed E-state index contributed by atoms with van der Waals surface area (Å²) in [6.45, 7) is 11.6. The van der Waals surface area contributed by atoms with Crippen LogP contribution in [-0.4, -0.2) is 62.6 Å². The van der Waals surface area contributed by atoms with Gasteiger partial charge in [-0.1, -0.05) is 242 Å². The zero-order valence-corrected chi connectivity index (χ0v) is 69.7. The number of aliphatic hydroxyl groups is 1. The number of allylic oxidation sites excluding steroid dienone is 3. The number of nitrogens with zero attached hydrogens (tertiary/aromatic N) is 4. The van der Waals surface area contributed by atoms with Crippen LogP contribution in [0.25, 0.3) is 22.3 Å². The quantitative estimate of drug-likeness (QED) is 0.0237. The van der Waals surface area contributed by atoms with E-state index in [2.05, 4.69) is 361 Å². The Hall–Kier alpha value is -9.49. The summed E-state index contributed by atoms with van der Waals surface area (Å²) in [5.41, 5.74) is 29.3. The van der Waals surface area contributed by atoms with Crippen LogP contribution in [0.5, 0.6) is 5.75 Å². The highest BCUT2D eigenvalue weighted by atomic mass is 127. The first-order valence-electron chi connectivity index (χ1n) is 37.6. The highest BCUT2D eigenvalue weighted by Crippen LogP contribution is 2.55. The van der Waals surface area contributed by atoms with Crippen LogP contribution < -0.4 is 19.6 Å². The van der Waals surface area contributed by atoms with Gasteiger partial charge in [0.15, 0.2) is 0 Å². The lowest BCUT2D eigenvalue weighted by Crippen LogP contribution is -2.23. The third-order valence-corrected chi connectivity index (χ3v) is 25.2. The number of carbonyl (C=O) groups is 1. The first-order valence-corrected chi connectivity index (χ1v) is 43.9. The second-order valence-electron chi connectivity index (χ2n) is 26.7. The van der Waals surface area contributed by atoms with Crippen LogP contribution in [0.1, 0.15) is 97.5 Å². The van der Waals surface area contributed by atoms with Gasteiger partial charge in [0.2, 0.25) is 0 Å². The van der Waals surface area contributed by atoms with Gasteiger partial charge in [0.25, 0.3) is 0 Å². The summed E-state index contributed by atoms with van der Waals surface area (Å²) < 4.78 is 6.31. The molecule has 4 aliphatic heterocycles. The summed E-state index contributed by atoms with van der Waals surface area (Å²) in [4.78, 5) is 26.3. The normalized spacial score (nSPS) is 12.7. The highest BCUT2D eigenvalue weighted by Gasteiger charge is 2.33. The molecule has 4 heterocycles. The molecule has 12 aromatic carbocycles. The van der Waals surface area contributed by atoms with E-state index in [1.807, 2.05) is 43.8 Å². The van der Waals surface area contributed by atoms with Crippen LogP contribution in [0.3, 0.4) is 0 Å². The van der Waals surface area contributed by atoms with Crippen LogP contribution >= 0.6 is 82.3 Å². The lowest BCUT2D eigenvalue weighted by molar-refractivity contribution is -0.139. The second kappa shape index (κ2) is 38.6. The summed E-state index contributed by atoms with van der Waals surface area (Å²) in [5, 5.41) is 19.6. The molecule has 1 atom stereocenters. The van der Waals surface area contributed by atoms with Crippen molar-refractivity contribution < 1.29 is 19.7 Å². The number of esters is 1. The SMILES string of the molecule is CC(SCCCI)=C1c2ccccc2N(c2ccccc2)c2ccccc21.CCC(O)CSC(C)=C1c2ccccc2N(c2ccccc2)c2ccccc21.CCOC(=O)CSC(C)=C1c2ccccc2N(c2ccccc2)c2ccccc21.CSC(CS)=C1c2ccccc2N(Cc2ccc(O)cc2)c2ccccc21. The van der Waals surface area contributed by atoms with Crippen molar-refractivity contribution in [3.8, 4) is 5.75 Å². The Morgan fingerprint density at radius 1 is 0.423 bits per heavy atom. The molecule has 0 radical (unpaired) electrons. The number of alkyl halides is 1. The van der Waals surface area contributed by atoms with Crippen LogP contribution in [0.15, 0.2) is 329 Å². The number of phenolic OH excluding ortho intramolecular Hbond substituents is 1. The number of hydrogen-bond acceptors (Lipinski definition) is 13. The van der Waals surface area contributed by atoms with Crippen molar-refractivity contribution in [3.05, 3.63) is 379 Å². The third-order valence-electron chi connectivity index (χ3n) is 19.7. The third kappa shape index (κ3) is 18.0. The number of para-hydroxylation sites is 11. The monoisotopic (exact) mass is 1660 g/mol. The van der Waals surface area contributed by atoms with E-state index in [0.29, 0.717) is 18.1 Å². The van der Waals surface area contributed by atoms with Gasteiger partial charge >= 0.3 is 5.97 Å². The number of halogens is 1. The van der Waals surface area contributed by atoms with Crippen LogP contribution in [0.4, 0.5) is 62.6 Å². The van der Waals surface area contributed by atoms with Crippen molar-refractivity contribution in [2.24, 2.45) is 0 Å². The van der Waals surface area contributed by atoms with Crippen LogP contribution in [0.2, 0.25) is 0 Å². The molecular formula is C97H91IN4O4S5. The molecule has 8 nitrogen and oxygen atoms in total. The summed E-state index contributed by atoms with van der Waals surface area (Å²) in [6.07, 6.45) is 3.88. The predicted octanol–water partition coefficient (Wildman–Crippen LogP) is 27.2. The van der Waals surface area contributed by atoms with Crippen molar-refractivity contribution in [1.82, 2.24) is 0 Å². The van der Waals surface area contributed by atoms with Crippen molar-refractivity contribution >= 4 is 173 Å². The molecule has 2 N–H and O–H groups in total. The predicted molar refractivity (Wildman–Crippen MR) is 492 cm³/mol. The summed E-state index contributed by atoms with van der Waals surface area (Å²) >= 11 is 14.1. The second-order valence-corrected chi connectivity index (χ2v) is 32.7. The zero-order chi connectivity index (χ0) is 77.2. The number of anilines is 11. The average Bonchev–Trinajstić information content (AvgIpc) is 0.747. The number of phenols is 1. The molecule has 14 heteroatoms. The Kier molecular flexibility index (Phi) is 27.7. The lowest BCUT2D eigenvalue weighted by Gasteiger charge is -2.35. The molecule has 0 aliphatic carbocycles. The van der Waals surface area contributed by atoms with Gasteiger partial charge in [0.05, 0.1) is 52.6 Å². The Morgan fingerprint density at radius 3 is 1.06 bits per heavy atom. The maximum atomic E-state index is 11.9. The molecule has 0 spiro atoms. The molecule has 0 bridgehead atoms. The van der Waals surface area contributed by atoms with E-state index in [-0.39, 0.29) is 12.1 Å². The summed E-state index contributed by atoms with van der Waals surface area (Å²) in [6, 6.07) is 108. The Morgan fingerprint density at radius 2 is 0.739 bits per heavy atom. The molecule has 16 rings (SSSR count). The molecule has 4 aliphatic rings. The number of aliphatic hydroxyl groups excluding tert-OH is 1. The molecule has 0 amide bonds. The molecule has 0 saturated carbocycles. The Balaban J connectivity index is 0.000000130. The van der Waals surface area contributed by atoms with Gasteiger partial charge in [-0.25, -0.2) is 0 Å². The topological polar surface area (TPSA) is 79.7 Å². The Labute approximate surface area is 691 Å². The number of aromatic hydroxyl groups is 1. The van der Waals surface area contributed by atoms with E-state index in [9.17, 15) is 15.0 Å². The summed E-state index contributed by atoms with van der Waals surface area (Å²) in [5.74, 6) is 3.04. The molecule has 1 unspecified atom stereocenters. The minimum atomic E-state index is -0.268. The lowest BCUT2D eigenvalue weighted by atomic mass is 9.89. The van der Waals surface area contributed by atoms with E-state index < -0.39 is 0 Å². The fraction of sp³-hybridized carbons (Fsp3) is 0.165. The van der Waals surface area contributed by atoms with E-state index in [1.165, 1.54) is 138 Å². The fourth-order valence-electron chi connectivity index (χ4n) is 14.6. The Bertz CT molecular complexity index is 5140. The summed E-state index contributed by atoms with van der Waals surface area (Å²) in [7, 11) is 0. The standard InChI is InChI=1S/C25H23NO2S.C25H25NOS.C24H22INS.C23H21NOS2/c1-3-28-24(27)17-29-18(2)25-20-13-7-9-15-22(20)26(19-11-5-4-6-12-19)23-16-10-8-14-21(23)25;1-3-20(27)17-28-18(2)25-21-13-7-9-15-23(21)26(19-11-5-4-6-12-19)24-16-10-8-14-22(24)25;1-18(27-17-9-16-25)24-20-12-5-7-14-22(20)26(19-10-3-2-4-11-19)23-15-8-6-13-21(23)24;1-27-22(15-26)23-18-6-2-4-8-20(18)24(21-9-5-3-7-19(21)23)14-16-10-12-17(25)13-11-16/h4-16H,3,17H2,1-2H3;4-16,20,27H,3,17H2,1-2H3;2-8,10-15H,9,16-17H2,1H3;2-13,25-26H,14-15H2,1H3. The van der Waals surface area contributed by atoms with Crippen molar-refractivity contribution in [2.45, 2.75) is 60.1 Å². The first kappa shape index (κ1) is 79.6. The highest BCUT2D eigenvalue weighted by molar-refractivity contribution is 14.1. The van der Waals surface area contributed by atoms with Gasteiger partial charge in [-0.15, -0.1) is 47.0 Å². The number of thiol groups is 1. The fourth-order valence-corrected chi connectivity index (χ4v) is 19.4. The van der Waals surface area contributed by atoms with Gasteiger partial charge in [-0.2, -0.15) is 12.6 Å². The van der Waals surface area contributed by atoms with Crippen LogP contribution in [-0.2, 0) is 16.1 Å². The van der Waals surface area contributed by atoms with Crippen molar-refractivity contribution in [1.29, 1.82) is 0 Å². The number of fused-ring (bicyclic) bond motifs is 8. The molecule has 560 valence electrons. The van der Waals surface area contributed by atoms with Gasteiger partial charge in [-0.3, -0.25) is 4.79 Å². The minimum absolute atomic E-state index is 0.180. The van der Waals surface area contributed by atoms with Gasteiger partial charge in [-0.05, 0) is 170 Å². The molecule has 12 aromatic rings. The van der Waals surface area contributed by atoms with Gasteiger partial charge < -0.3 is 34.5 Å². The maximum absolute atomic E-state index is 11.9. The smallest absolute Gasteiger partial charge is 0.316 e. The number of ether oxygens (including phenoxy) is 1. The van der Waals surface area contributed by atoms with E-state index in [1.54, 1.807) is 47.4 Å². The van der Waals surface area contributed by atoms with Crippen molar-refractivity contribution in [3.63, 3.8) is 0 Å². The number of benzene rings is 12. The van der Waals surface area contributed by atoms with E-state index in [0.717, 1.165) is 57.7 Å². The zero-order valence-electron chi connectivity index (χ0n) is 63.3. The number of hydrogen-bond donors (Lipinski definition) is 3. The van der Waals surface area contributed by atoms with Crippen molar-refractivity contribution in [2.75, 3.05) is 59.9 Å². The van der Waals surface area contributed by atoms with Gasteiger partial charge in [0, 0.05) is 123 Å². The molecule has 0 fully saturated rings. The molecule has 0 aromatic heterocycles. The van der Waals surface area contributed by atoms with E-state index in [4.69, 9.17) is 4.74 Å². The van der Waals surface area contributed by atoms with E-state index >= 15 is 0 Å². The maximum Gasteiger partial charge on any atom is 0.316 e. The molecule has 0 saturated heterocycles. The average molecular weight is 1660 g/mol. The number of carbonyl (C=O) groups excluding carboxylic acids is 1. The number of rotatable bonds is 19.